The summed E-state index contributed by atoms with van der Waals surface area (Å²) in [6.07, 6.45) is 6.79. The molecule has 0 radical (unpaired) electrons. The first-order valence-electron chi connectivity index (χ1n) is 9.60. The number of hydrogen-bond donors (Lipinski definition) is 1. The number of aryl methyl sites for hydroxylation is 1. The number of rotatable bonds is 3. The lowest BCUT2D eigenvalue weighted by Crippen LogP contribution is -2.38. The number of fused-ring (bicyclic) bond motifs is 1. The molecule has 5 nitrogen and oxygen atoms in total. The van der Waals surface area contributed by atoms with Gasteiger partial charge in [-0.2, -0.15) is 0 Å². The average molecular weight is 350 g/mol. The minimum atomic E-state index is 0.178. The van der Waals surface area contributed by atoms with Crippen LogP contribution in [-0.4, -0.2) is 33.9 Å². The molecule has 0 spiro atoms. The second kappa shape index (κ2) is 7.54. The van der Waals surface area contributed by atoms with E-state index in [0.717, 1.165) is 48.6 Å². The van der Waals surface area contributed by atoms with Crippen molar-refractivity contribution in [1.82, 2.24) is 20.2 Å². The first-order valence-corrected chi connectivity index (χ1v) is 9.60. The fourth-order valence-electron chi connectivity index (χ4n) is 3.78. The third-order valence-corrected chi connectivity index (χ3v) is 5.40. The quantitative estimate of drug-likeness (QED) is 0.925. The third kappa shape index (κ3) is 3.78. The summed E-state index contributed by atoms with van der Waals surface area (Å²) in [4.78, 5) is 24.0. The topological polar surface area (TPSA) is 58.1 Å². The summed E-state index contributed by atoms with van der Waals surface area (Å²) in [7, 11) is 0. The molecule has 26 heavy (non-hydrogen) atoms. The van der Waals surface area contributed by atoms with Crippen LogP contribution in [0.25, 0.3) is 0 Å². The van der Waals surface area contributed by atoms with Gasteiger partial charge >= 0.3 is 0 Å². The molecule has 136 valence electrons. The number of amides is 1. The number of hydrogen-bond acceptors (Lipinski definition) is 4. The number of nitrogens with zero attached hydrogens (tertiary/aromatic N) is 3. The molecular weight excluding hydrogens is 324 g/mol. The van der Waals surface area contributed by atoms with Crippen molar-refractivity contribution in [3.63, 3.8) is 0 Å². The van der Waals surface area contributed by atoms with E-state index in [1.54, 1.807) is 0 Å². The van der Waals surface area contributed by atoms with Crippen LogP contribution in [0.3, 0.4) is 0 Å². The molecule has 2 aliphatic rings. The van der Waals surface area contributed by atoms with E-state index in [9.17, 15) is 4.79 Å². The first-order chi connectivity index (χ1) is 12.7. The molecule has 2 aromatic rings. The van der Waals surface area contributed by atoms with E-state index in [1.807, 2.05) is 23.2 Å². The number of nitrogens with one attached hydrogen (secondary N) is 1. The van der Waals surface area contributed by atoms with Gasteiger partial charge in [0.1, 0.15) is 5.82 Å². The SMILES string of the molecule is Cc1ccc(CC(=O)N2CCc3nc([C@@H]4CCCCN4)ncc3C2)cc1. The fraction of sp³-hybridized carbons (Fsp3) is 0.476. The molecule has 1 N–H and O–H groups in total. The van der Waals surface area contributed by atoms with Crippen LogP contribution in [0.15, 0.2) is 30.5 Å². The lowest BCUT2D eigenvalue weighted by atomic mass is 10.0. The Morgan fingerprint density at radius 2 is 2.12 bits per heavy atom. The van der Waals surface area contributed by atoms with Crippen LogP contribution in [0.5, 0.6) is 0 Å². The maximum absolute atomic E-state index is 12.7. The van der Waals surface area contributed by atoms with E-state index in [0.29, 0.717) is 13.0 Å². The fourth-order valence-corrected chi connectivity index (χ4v) is 3.78. The maximum atomic E-state index is 12.7. The molecule has 0 aliphatic carbocycles. The zero-order valence-electron chi connectivity index (χ0n) is 15.4. The summed E-state index contributed by atoms with van der Waals surface area (Å²) >= 11 is 0. The van der Waals surface area contributed by atoms with Crippen LogP contribution in [0.4, 0.5) is 0 Å². The predicted molar refractivity (Wildman–Crippen MR) is 101 cm³/mol. The van der Waals surface area contributed by atoms with Crippen LogP contribution in [0.1, 0.15) is 53.5 Å². The summed E-state index contributed by atoms with van der Waals surface area (Å²) in [6, 6.07) is 8.48. The standard InChI is InChI=1S/C21H26N4O/c1-15-5-7-16(8-6-15)12-20(26)25-11-9-18-17(14-25)13-23-21(24-18)19-4-2-3-10-22-19/h5-8,13,19,22H,2-4,9-12,14H2,1H3/t19-/m0/s1. The van der Waals surface area contributed by atoms with Gasteiger partial charge in [-0.25, -0.2) is 9.97 Å². The van der Waals surface area contributed by atoms with Crippen molar-refractivity contribution < 1.29 is 4.79 Å². The van der Waals surface area contributed by atoms with Gasteiger partial charge in [0.2, 0.25) is 5.91 Å². The Bertz CT molecular complexity index is 781. The maximum Gasteiger partial charge on any atom is 0.227 e. The number of benzene rings is 1. The van der Waals surface area contributed by atoms with Crippen molar-refractivity contribution in [2.75, 3.05) is 13.1 Å². The highest BCUT2D eigenvalue weighted by molar-refractivity contribution is 5.79. The average Bonchev–Trinajstić information content (AvgIpc) is 2.69. The minimum absolute atomic E-state index is 0.178. The van der Waals surface area contributed by atoms with Gasteiger partial charge in [0.05, 0.1) is 18.2 Å². The molecule has 4 rings (SSSR count). The Morgan fingerprint density at radius 3 is 2.88 bits per heavy atom. The monoisotopic (exact) mass is 350 g/mol. The van der Waals surface area contributed by atoms with E-state index >= 15 is 0 Å². The van der Waals surface area contributed by atoms with Crippen molar-refractivity contribution in [1.29, 1.82) is 0 Å². The number of piperidine rings is 1. The summed E-state index contributed by atoms with van der Waals surface area (Å²) in [5.74, 6) is 1.10. The zero-order chi connectivity index (χ0) is 17.9. The van der Waals surface area contributed by atoms with Gasteiger partial charge in [-0.1, -0.05) is 36.2 Å². The van der Waals surface area contributed by atoms with E-state index < -0.39 is 0 Å². The molecule has 1 amide bonds. The molecule has 0 saturated carbocycles. The Morgan fingerprint density at radius 1 is 1.27 bits per heavy atom. The summed E-state index contributed by atoms with van der Waals surface area (Å²) in [6.45, 7) is 4.47. The zero-order valence-corrected chi connectivity index (χ0v) is 15.4. The molecule has 1 atom stereocenters. The van der Waals surface area contributed by atoms with E-state index in [-0.39, 0.29) is 11.9 Å². The first kappa shape index (κ1) is 17.2. The van der Waals surface area contributed by atoms with Crippen LogP contribution in [0, 0.1) is 6.92 Å². The number of aromatic nitrogens is 2. The second-order valence-electron chi connectivity index (χ2n) is 7.43. The lowest BCUT2D eigenvalue weighted by Gasteiger charge is -2.29. The van der Waals surface area contributed by atoms with Crippen LogP contribution < -0.4 is 5.32 Å². The van der Waals surface area contributed by atoms with Crippen molar-refractivity contribution in [2.24, 2.45) is 0 Å². The molecule has 1 saturated heterocycles. The number of carbonyl (C=O) groups is 1. The highest BCUT2D eigenvalue weighted by atomic mass is 16.2. The molecule has 0 unspecified atom stereocenters. The summed E-state index contributed by atoms with van der Waals surface area (Å²) in [5, 5.41) is 3.51. The minimum Gasteiger partial charge on any atom is -0.338 e. The molecule has 1 fully saturated rings. The highest BCUT2D eigenvalue weighted by Crippen LogP contribution is 2.23. The largest absolute Gasteiger partial charge is 0.338 e. The Hall–Kier alpha value is -2.27. The molecule has 3 heterocycles. The summed E-state index contributed by atoms with van der Waals surface area (Å²) in [5.41, 5.74) is 4.49. The smallest absolute Gasteiger partial charge is 0.227 e. The molecule has 0 bridgehead atoms. The van der Waals surface area contributed by atoms with Gasteiger partial charge in [0.15, 0.2) is 0 Å². The predicted octanol–water partition coefficient (Wildman–Crippen LogP) is 2.73. The Balaban J connectivity index is 1.42. The van der Waals surface area contributed by atoms with Crippen molar-refractivity contribution >= 4 is 5.91 Å². The van der Waals surface area contributed by atoms with Gasteiger partial charge in [-0.15, -0.1) is 0 Å². The Kier molecular flexibility index (Phi) is 4.98. The van der Waals surface area contributed by atoms with Crippen molar-refractivity contribution in [2.45, 2.75) is 51.6 Å². The van der Waals surface area contributed by atoms with E-state index in [2.05, 4.69) is 29.4 Å². The normalized spacial score (nSPS) is 19.9. The van der Waals surface area contributed by atoms with E-state index in [4.69, 9.17) is 4.98 Å². The van der Waals surface area contributed by atoms with Crippen molar-refractivity contribution in [3.05, 3.63) is 58.7 Å². The van der Waals surface area contributed by atoms with E-state index in [1.165, 1.54) is 18.4 Å². The van der Waals surface area contributed by atoms with Gasteiger partial charge in [-0.05, 0) is 31.9 Å². The molecule has 1 aromatic carbocycles. The van der Waals surface area contributed by atoms with Gasteiger partial charge in [0.25, 0.3) is 0 Å². The third-order valence-electron chi connectivity index (χ3n) is 5.40. The van der Waals surface area contributed by atoms with Gasteiger partial charge in [0, 0.05) is 31.3 Å². The highest BCUT2D eigenvalue weighted by Gasteiger charge is 2.24. The molecular formula is C21H26N4O. The molecule has 2 aliphatic heterocycles. The van der Waals surface area contributed by atoms with Crippen molar-refractivity contribution in [3.8, 4) is 0 Å². The van der Waals surface area contributed by atoms with Crippen LogP contribution in [0.2, 0.25) is 0 Å². The lowest BCUT2D eigenvalue weighted by molar-refractivity contribution is -0.131. The number of carbonyl (C=O) groups excluding carboxylic acids is 1. The van der Waals surface area contributed by atoms with Crippen LogP contribution in [-0.2, 0) is 24.2 Å². The molecule has 5 heteroatoms. The Labute approximate surface area is 154 Å². The van der Waals surface area contributed by atoms with Crippen LogP contribution >= 0.6 is 0 Å². The molecule has 1 aromatic heterocycles. The van der Waals surface area contributed by atoms with Gasteiger partial charge < -0.3 is 10.2 Å². The van der Waals surface area contributed by atoms with Gasteiger partial charge in [-0.3, -0.25) is 4.79 Å². The second-order valence-corrected chi connectivity index (χ2v) is 7.43. The summed E-state index contributed by atoms with van der Waals surface area (Å²) < 4.78 is 0.